The van der Waals surface area contributed by atoms with Crippen molar-refractivity contribution in [2.45, 2.75) is 45.6 Å². The molecule has 5 heteroatoms. The van der Waals surface area contributed by atoms with Gasteiger partial charge >= 0.3 is 6.09 Å². The van der Waals surface area contributed by atoms with Gasteiger partial charge in [-0.05, 0) is 60.5 Å². The number of rotatable bonds is 6. The van der Waals surface area contributed by atoms with Crippen LogP contribution in [0.4, 0.5) is 4.79 Å². The fourth-order valence-electron chi connectivity index (χ4n) is 4.71. The number of hydrogen-bond acceptors (Lipinski definition) is 4. The van der Waals surface area contributed by atoms with Crippen molar-refractivity contribution in [3.63, 3.8) is 0 Å². The molecule has 29 heavy (non-hydrogen) atoms. The SMILES string of the molecule is CCCNC(=O)Oc1c(OC)cc2c3c1-c1ccccc1C[C@H]3N(CCC)CC2. The molecule has 0 unspecified atom stereocenters. The zero-order valence-electron chi connectivity index (χ0n) is 17.6. The van der Waals surface area contributed by atoms with Gasteiger partial charge in [-0.25, -0.2) is 4.79 Å². The normalized spacial score (nSPS) is 17.3. The summed E-state index contributed by atoms with van der Waals surface area (Å²) >= 11 is 0. The van der Waals surface area contributed by atoms with Crippen LogP contribution in [0, 0.1) is 0 Å². The van der Waals surface area contributed by atoms with E-state index in [4.69, 9.17) is 9.47 Å². The Bertz CT molecular complexity index is 909. The predicted octanol–water partition coefficient (Wildman–Crippen LogP) is 4.73. The van der Waals surface area contributed by atoms with Gasteiger partial charge in [0.25, 0.3) is 0 Å². The Morgan fingerprint density at radius 2 is 2.03 bits per heavy atom. The minimum Gasteiger partial charge on any atom is -0.493 e. The van der Waals surface area contributed by atoms with Gasteiger partial charge in [0.05, 0.1) is 7.11 Å². The largest absolute Gasteiger partial charge is 0.493 e. The molecule has 5 nitrogen and oxygen atoms in total. The number of amides is 1. The smallest absolute Gasteiger partial charge is 0.412 e. The molecule has 0 radical (unpaired) electrons. The molecule has 0 saturated carbocycles. The van der Waals surface area contributed by atoms with E-state index in [0.717, 1.165) is 49.9 Å². The first-order chi connectivity index (χ1) is 14.2. The molecule has 2 aromatic rings. The summed E-state index contributed by atoms with van der Waals surface area (Å²) < 4.78 is 11.6. The second kappa shape index (κ2) is 8.46. The highest BCUT2D eigenvalue weighted by Gasteiger charge is 2.37. The number of hydrogen-bond donors (Lipinski definition) is 1. The lowest BCUT2D eigenvalue weighted by Gasteiger charge is -2.42. The van der Waals surface area contributed by atoms with E-state index in [2.05, 4.69) is 47.5 Å². The van der Waals surface area contributed by atoms with Crippen LogP contribution in [0.1, 0.15) is 49.4 Å². The molecule has 0 bridgehead atoms. The van der Waals surface area contributed by atoms with E-state index in [0.29, 0.717) is 24.1 Å². The van der Waals surface area contributed by atoms with E-state index in [1.165, 1.54) is 16.7 Å². The molecular weight excluding hydrogens is 364 g/mol. The minimum atomic E-state index is -0.429. The quantitative estimate of drug-likeness (QED) is 0.770. The first-order valence-electron chi connectivity index (χ1n) is 10.7. The second-order valence-electron chi connectivity index (χ2n) is 7.84. The van der Waals surface area contributed by atoms with Crippen LogP contribution >= 0.6 is 0 Å². The van der Waals surface area contributed by atoms with Crippen LogP contribution in [0.5, 0.6) is 11.5 Å². The lowest BCUT2D eigenvalue weighted by Crippen LogP contribution is -2.39. The first-order valence-corrected chi connectivity index (χ1v) is 10.7. The van der Waals surface area contributed by atoms with Gasteiger partial charge in [-0.2, -0.15) is 0 Å². The van der Waals surface area contributed by atoms with E-state index in [1.54, 1.807) is 7.11 Å². The average Bonchev–Trinajstić information content (AvgIpc) is 2.75. The topological polar surface area (TPSA) is 50.8 Å². The maximum Gasteiger partial charge on any atom is 0.412 e. The Morgan fingerprint density at radius 3 is 2.79 bits per heavy atom. The summed E-state index contributed by atoms with van der Waals surface area (Å²) in [6.45, 7) is 6.96. The molecule has 0 spiro atoms. The van der Waals surface area contributed by atoms with Gasteiger partial charge in [-0.15, -0.1) is 0 Å². The van der Waals surface area contributed by atoms with E-state index in [1.807, 2.05) is 6.92 Å². The van der Waals surface area contributed by atoms with Crippen LogP contribution in [0.2, 0.25) is 0 Å². The zero-order valence-corrected chi connectivity index (χ0v) is 17.6. The van der Waals surface area contributed by atoms with Crippen LogP contribution in [0.25, 0.3) is 11.1 Å². The highest BCUT2D eigenvalue weighted by Crippen LogP contribution is 2.52. The lowest BCUT2D eigenvalue weighted by atomic mass is 9.76. The first kappa shape index (κ1) is 19.8. The molecule has 0 aromatic heterocycles. The molecule has 1 amide bonds. The summed E-state index contributed by atoms with van der Waals surface area (Å²) in [4.78, 5) is 15.0. The number of fused-ring (bicyclic) bond motifs is 2. The van der Waals surface area contributed by atoms with Gasteiger partial charge in [-0.3, -0.25) is 4.90 Å². The number of methoxy groups -OCH3 is 1. The highest BCUT2D eigenvalue weighted by molar-refractivity contribution is 5.86. The number of ether oxygens (including phenoxy) is 2. The third-order valence-electron chi connectivity index (χ3n) is 5.96. The second-order valence-corrected chi connectivity index (χ2v) is 7.84. The van der Waals surface area contributed by atoms with E-state index < -0.39 is 6.09 Å². The van der Waals surface area contributed by atoms with Crippen molar-refractivity contribution in [1.82, 2.24) is 10.2 Å². The Labute approximate surface area is 173 Å². The Morgan fingerprint density at radius 1 is 1.21 bits per heavy atom. The minimum absolute atomic E-state index is 0.315. The van der Waals surface area contributed by atoms with Crippen molar-refractivity contribution in [3.05, 3.63) is 47.0 Å². The molecule has 1 aliphatic heterocycles. The maximum absolute atomic E-state index is 12.5. The Hall–Kier alpha value is -2.53. The fraction of sp³-hybridized carbons (Fsp3) is 0.458. The third-order valence-corrected chi connectivity index (χ3v) is 5.96. The molecule has 1 atom stereocenters. The van der Waals surface area contributed by atoms with Crippen LogP contribution in [-0.4, -0.2) is 37.7 Å². The fourth-order valence-corrected chi connectivity index (χ4v) is 4.71. The summed E-state index contributed by atoms with van der Waals surface area (Å²) in [7, 11) is 1.64. The number of nitrogens with one attached hydrogen (secondary N) is 1. The number of carbonyl (C=O) groups is 1. The molecular formula is C24H30N2O3. The van der Waals surface area contributed by atoms with Crippen molar-refractivity contribution in [2.24, 2.45) is 0 Å². The van der Waals surface area contributed by atoms with E-state index in [9.17, 15) is 4.79 Å². The van der Waals surface area contributed by atoms with Crippen molar-refractivity contribution in [1.29, 1.82) is 0 Å². The van der Waals surface area contributed by atoms with E-state index in [-0.39, 0.29) is 0 Å². The van der Waals surface area contributed by atoms with Gasteiger partial charge in [0.2, 0.25) is 0 Å². The van der Waals surface area contributed by atoms with Gasteiger partial charge in [-0.1, -0.05) is 38.1 Å². The van der Waals surface area contributed by atoms with Gasteiger partial charge in [0.1, 0.15) is 0 Å². The van der Waals surface area contributed by atoms with Crippen LogP contribution in [-0.2, 0) is 12.8 Å². The van der Waals surface area contributed by atoms with Crippen molar-refractivity contribution in [3.8, 4) is 22.6 Å². The number of benzene rings is 2. The predicted molar refractivity (Wildman–Crippen MR) is 115 cm³/mol. The molecule has 1 N–H and O–H groups in total. The van der Waals surface area contributed by atoms with Crippen molar-refractivity contribution >= 4 is 6.09 Å². The van der Waals surface area contributed by atoms with Gasteiger partial charge in [0.15, 0.2) is 11.5 Å². The van der Waals surface area contributed by atoms with E-state index >= 15 is 0 Å². The molecule has 1 aliphatic carbocycles. The summed E-state index contributed by atoms with van der Waals surface area (Å²) in [6, 6.07) is 10.9. The third kappa shape index (κ3) is 3.60. The average molecular weight is 395 g/mol. The van der Waals surface area contributed by atoms with Gasteiger partial charge < -0.3 is 14.8 Å². The van der Waals surface area contributed by atoms with Crippen LogP contribution in [0.15, 0.2) is 30.3 Å². The summed E-state index contributed by atoms with van der Waals surface area (Å²) in [5.41, 5.74) is 6.09. The Kier molecular flexibility index (Phi) is 5.76. The van der Waals surface area contributed by atoms with Crippen molar-refractivity contribution < 1.29 is 14.3 Å². The standard InChI is InChI=1S/C24H30N2O3/c1-4-11-25-24(27)29-23-20(28-3)15-17-10-13-26(12-5-2)19-14-16-8-6-7-9-18(16)22(23)21(17)19/h6-9,15,19H,4-5,10-14H2,1-3H3,(H,25,27)/t19-/m1/s1. The molecule has 0 fully saturated rings. The molecule has 2 aromatic carbocycles. The number of carbonyl (C=O) groups excluding carboxylic acids is 1. The molecule has 2 aliphatic rings. The summed E-state index contributed by atoms with van der Waals surface area (Å²) in [6.07, 6.45) is 3.54. The molecule has 154 valence electrons. The molecule has 4 rings (SSSR count). The van der Waals surface area contributed by atoms with Crippen molar-refractivity contribution in [2.75, 3.05) is 26.7 Å². The highest BCUT2D eigenvalue weighted by atomic mass is 16.6. The summed E-state index contributed by atoms with van der Waals surface area (Å²) in [5.74, 6) is 1.17. The lowest BCUT2D eigenvalue weighted by molar-refractivity contribution is 0.181. The van der Waals surface area contributed by atoms with Crippen LogP contribution < -0.4 is 14.8 Å². The van der Waals surface area contributed by atoms with Gasteiger partial charge in [0, 0.05) is 24.7 Å². The maximum atomic E-state index is 12.5. The monoisotopic (exact) mass is 394 g/mol. The summed E-state index contributed by atoms with van der Waals surface area (Å²) in [5, 5.41) is 2.82. The molecule has 0 saturated heterocycles. The number of nitrogens with zero attached hydrogens (tertiary/aromatic N) is 1. The molecule has 1 heterocycles. The van der Waals surface area contributed by atoms with Crippen LogP contribution in [0.3, 0.4) is 0 Å². The Balaban J connectivity index is 1.89. The zero-order chi connectivity index (χ0) is 20.4.